The van der Waals surface area contributed by atoms with Crippen molar-refractivity contribution in [2.45, 2.75) is 46.2 Å². The van der Waals surface area contributed by atoms with Crippen LogP contribution in [-0.2, 0) is 11.3 Å². The van der Waals surface area contributed by atoms with E-state index in [9.17, 15) is 19.5 Å². The average molecular weight is 396 g/mol. The number of fused-ring (bicyclic) bond motifs is 1. The molecule has 29 heavy (non-hydrogen) atoms. The Labute approximate surface area is 167 Å². The number of amides is 1. The lowest BCUT2D eigenvalue weighted by atomic mass is 10.2. The van der Waals surface area contributed by atoms with Crippen LogP contribution in [0.2, 0.25) is 0 Å². The van der Waals surface area contributed by atoms with Crippen molar-refractivity contribution < 1.29 is 9.90 Å². The molecule has 0 aliphatic heterocycles. The number of carbonyl (C=O) groups is 1. The molecule has 0 atom stereocenters. The van der Waals surface area contributed by atoms with Gasteiger partial charge in [-0.2, -0.15) is 0 Å². The second kappa shape index (κ2) is 8.30. The van der Waals surface area contributed by atoms with Gasteiger partial charge in [0.05, 0.1) is 17.2 Å². The van der Waals surface area contributed by atoms with Gasteiger partial charge >= 0.3 is 0 Å². The van der Waals surface area contributed by atoms with E-state index < -0.39 is 0 Å². The normalized spacial score (nSPS) is 11.2. The van der Waals surface area contributed by atoms with Gasteiger partial charge in [-0.25, -0.2) is 4.98 Å². The zero-order valence-corrected chi connectivity index (χ0v) is 16.7. The first-order valence-electron chi connectivity index (χ1n) is 9.47. The Morgan fingerprint density at radius 3 is 2.66 bits per heavy atom. The summed E-state index contributed by atoms with van der Waals surface area (Å²) in [6, 6.07) is 7.70. The quantitative estimate of drug-likeness (QED) is 0.666. The number of pyridine rings is 1. The number of benzene rings is 1. The topological polar surface area (TPSA) is 106 Å². The Morgan fingerprint density at radius 2 is 1.97 bits per heavy atom. The van der Waals surface area contributed by atoms with Crippen LogP contribution in [0.1, 0.15) is 38.4 Å². The van der Waals surface area contributed by atoms with Crippen LogP contribution in [0.25, 0.3) is 10.9 Å². The minimum absolute atomic E-state index is 0.00981. The predicted molar refractivity (Wildman–Crippen MR) is 111 cm³/mol. The highest BCUT2D eigenvalue weighted by atomic mass is 16.3. The van der Waals surface area contributed by atoms with Crippen molar-refractivity contribution in [2.24, 2.45) is 0 Å². The lowest BCUT2D eigenvalue weighted by Gasteiger charge is -2.11. The summed E-state index contributed by atoms with van der Waals surface area (Å²) >= 11 is 0. The van der Waals surface area contributed by atoms with Gasteiger partial charge in [-0.05, 0) is 51.5 Å². The maximum Gasteiger partial charge on any atom is 0.261 e. The standard InChI is InChI=1S/C21H24N4O4/c1-13(2)25-12-22-18-7-6-15(10-17(18)21(25)29)23-19(27)5-4-8-24-14(3)9-16(26)11-20(24)28/h6-7,9-13,26H,4-5,8H2,1-3H3,(H,23,27). The number of nitrogens with zero attached hydrogens (tertiary/aromatic N) is 3. The first-order valence-corrected chi connectivity index (χ1v) is 9.47. The number of aromatic hydroxyl groups is 1. The third-order valence-corrected chi connectivity index (χ3v) is 4.73. The molecule has 2 N–H and O–H groups in total. The molecule has 8 nitrogen and oxygen atoms in total. The van der Waals surface area contributed by atoms with E-state index in [-0.39, 0.29) is 35.2 Å². The fourth-order valence-electron chi connectivity index (χ4n) is 3.20. The van der Waals surface area contributed by atoms with Gasteiger partial charge in [0.25, 0.3) is 11.1 Å². The highest BCUT2D eigenvalue weighted by Crippen LogP contribution is 2.16. The van der Waals surface area contributed by atoms with E-state index in [1.165, 1.54) is 17.0 Å². The molecule has 2 heterocycles. The van der Waals surface area contributed by atoms with Crippen LogP contribution in [0.4, 0.5) is 5.69 Å². The first-order chi connectivity index (χ1) is 13.8. The van der Waals surface area contributed by atoms with E-state index >= 15 is 0 Å². The number of anilines is 1. The zero-order chi connectivity index (χ0) is 21.1. The van der Waals surface area contributed by atoms with Crippen molar-refractivity contribution in [1.29, 1.82) is 0 Å². The Hall–Kier alpha value is -3.42. The SMILES string of the molecule is Cc1cc(O)cc(=O)n1CCCC(=O)Nc1ccc2ncn(C(C)C)c(=O)c2c1. The molecular formula is C21H24N4O4. The van der Waals surface area contributed by atoms with Crippen molar-refractivity contribution >= 4 is 22.5 Å². The summed E-state index contributed by atoms with van der Waals surface area (Å²) in [5.41, 5.74) is 1.29. The molecular weight excluding hydrogens is 372 g/mol. The number of aromatic nitrogens is 3. The number of hydrogen-bond acceptors (Lipinski definition) is 5. The monoisotopic (exact) mass is 396 g/mol. The van der Waals surface area contributed by atoms with E-state index in [0.717, 1.165) is 6.07 Å². The first kappa shape index (κ1) is 20.3. The van der Waals surface area contributed by atoms with Gasteiger partial charge in [0.2, 0.25) is 5.91 Å². The fraction of sp³-hybridized carbons (Fsp3) is 0.333. The molecule has 0 bridgehead atoms. The largest absolute Gasteiger partial charge is 0.508 e. The summed E-state index contributed by atoms with van der Waals surface area (Å²) < 4.78 is 3.06. The molecule has 0 saturated carbocycles. The van der Waals surface area contributed by atoms with Crippen LogP contribution in [0, 0.1) is 6.92 Å². The van der Waals surface area contributed by atoms with Gasteiger partial charge in [0.15, 0.2) is 0 Å². The highest BCUT2D eigenvalue weighted by Gasteiger charge is 2.10. The summed E-state index contributed by atoms with van der Waals surface area (Å²) in [4.78, 5) is 41.1. The molecule has 0 fully saturated rings. The van der Waals surface area contributed by atoms with E-state index in [1.807, 2.05) is 13.8 Å². The molecule has 2 aromatic heterocycles. The average Bonchev–Trinajstić information content (AvgIpc) is 2.64. The van der Waals surface area contributed by atoms with Crippen molar-refractivity contribution in [2.75, 3.05) is 5.32 Å². The van der Waals surface area contributed by atoms with Gasteiger partial charge in [0, 0.05) is 36.5 Å². The van der Waals surface area contributed by atoms with Crippen LogP contribution in [-0.4, -0.2) is 25.1 Å². The second-order valence-electron chi connectivity index (χ2n) is 7.28. The fourth-order valence-corrected chi connectivity index (χ4v) is 3.20. The van der Waals surface area contributed by atoms with Crippen molar-refractivity contribution in [3.8, 4) is 5.75 Å². The van der Waals surface area contributed by atoms with Crippen LogP contribution in [0.5, 0.6) is 5.75 Å². The van der Waals surface area contributed by atoms with Gasteiger partial charge < -0.3 is 15.0 Å². The summed E-state index contributed by atoms with van der Waals surface area (Å²) in [7, 11) is 0. The molecule has 1 amide bonds. The molecule has 3 rings (SSSR count). The summed E-state index contributed by atoms with van der Waals surface area (Å²) in [5, 5.41) is 12.7. The number of hydrogen-bond donors (Lipinski definition) is 2. The van der Waals surface area contributed by atoms with Crippen molar-refractivity contribution in [1.82, 2.24) is 14.1 Å². The third-order valence-electron chi connectivity index (χ3n) is 4.73. The van der Waals surface area contributed by atoms with E-state index in [1.54, 1.807) is 29.7 Å². The van der Waals surface area contributed by atoms with E-state index in [0.29, 0.717) is 35.2 Å². The van der Waals surface area contributed by atoms with E-state index in [4.69, 9.17) is 0 Å². The lowest BCUT2D eigenvalue weighted by molar-refractivity contribution is -0.116. The molecule has 3 aromatic rings. The lowest BCUT2D eigenvalue weighted by Crippen LogP contribution is -2.23. The van der Waals surface area contributed by atoms with Crippen molar-refractivity contribution in [3.63, 3.8) is 0 Å². The smallest absolute Gasteiger partial charge is 0.261 e. The number of rotatable bonds is 6. The Balaban J connectivity index is 1.68. The number of carbonyl (C=O) groups excluding carboxylic acids is 1. The Bertz CT molecular complexity index is 1180. The van der Waals surface area contributed by atoms with Crippen LogP contribution >= 0.6 is 0 Å². The van der Waals surface area contributed by atoms with Crippen molar-refractivity contribution in [3.05, 3.63) is 63.1 Å². The van der Waals surface area contributed by atoms with Crippen LogP contribution in [0.3, 0.4) is 0 Å². The minimum Gasteiger partial charge on any atom is -0.508 e. The van der Waals surface area contributed by atoms with Crippen LogP contribution < -0.4 is 16.4 Å². The molecule has 0 spiro atoms. The van der Waals surface area contributed by atoms with Gasteiger partial charge in [-0.3, -0.25) is 19.0 Å². The summed E-state index contributed by atoms with van der Waals surface area (Å²) in [5.74, 6) is -0.272. The number of aryl methyl sites for hydroxylation is 1. The summed E-state index contributed by atoms with van der Waals surface area (Å²) in [6.07, 6.45) is 2.21. The maximum atomic E-state index is 12.6. The zero-order valence-electron chi connectivity index (χ0n) is 16.7. The highest BCUT2D eigenvalue weighted by molar-refractivity contribution is 5.93. The number of nitrogens with one attached hydrogen (secondary N) is 1. The van der Waals surface area contributed by atoms with Gasteiger partial charge in [-0.1, -0.05) is 0 Å². The molecule has 1 aromatic carbocycles. The van der Waals surface area contributed by atoms with E-state index in [2.05, 4.69) is 10.3 Å². The molecule has 0 aliphatic carbocycles. The molecule has 0 saturated heterocycles. The molecule has 0 radical (unpaired) electrons. The van der Waals surface area contributed by atoms with Gasteiger partial charge in [-0.15, -0.1) is 0 Å². The second-order valence-corrected chi connectivity index (χ2v) is 7.28. The molecule has 152 valence electrons. The van der Waals surface area contributed by atoms with Gasteiger partial charge in [0.1, 0.15) is 5.75 Å². The minimum atomic E-state index is -0.300. The van der Waals surface area contributed by atoms with Crippen LogP contribution in [0.15, 0.2) is 46.2 Å². The third kappa shape index (κ3) is 4.53. The Morgan fingerprint density at radius 1 is 1.21 bits per heavy atom. The molecule has 8 heteroatoms. The molecule has 0 aliphatic rings. The Kier molecular flexibility index (Phi) is 5.81. The molecule has 0 unspecified atom stereocenters. The maximum absolute atomic E-state index is 12.6. The predicted octanol–water partition coefficient (Wildman–Crippen LogP) is 2.57. The summed E-state index contributed by atoms with van der Waals surface area (Å²) in [6.45, 7) is 5.91.